The molecule has 2 aromatic rings. The van der Waals surface area contributed by atoms with Crippen LogP contribution in [0.1, 0.15) is 21.5 Å². The number of hydrogen-bond donors (Lipinski definition) is 3. The largest absolute Gasteiger partial charge is 0.508 e. The summed E-state index contributed by atoms with van der Waals surface area (Å²) >= 11 is 0. The maximum absolute atomic E-state index is 11.8. The van der Waals surface area contributed by atoms with E-state index in [4.69, 9.17) is 10.4 Å². The molecule has 2 rings (SSSR count). The monoisotopic (exact) mass is 281 g/mol. The summed E-state index contributed by atoms with van der Waals surface area (Å²) in [6, 6.07) is 12.1. The predicted molar refractivity (Wildman–Crippen MR) is 76.0 cm³/mol. The third-order valence-electron chi connectivity index (χ3n) is 2.66. The number of hydrogen-bond acceptors (Lipinski definition) is 5. The number of carbonyl (C=O) groups is 1. The van der Waals surface area contributed by atoms with Crippen molar-refractivity contribution in [1.29, 1.82) is 5.26 Å². The summed E-state index contributed by atoms with van der Waals surface area (Å²) in [5.74, 6) is -0.647. The number of aromatic hydroxyl groups is 2. The molecule has 1 amide bonds. The molecule has 0 aliphatic heterocycles. The summed E-state index contributed by atoms with van der Waals surface area (Å²) in [6.07, 6.45) is 1.26. The van der Waals surface area contributed by atoms with Gasteiger partial charge in [0, 0.05) is 17.2 Å². The molecule has 6 heteroatoms. The first-order valence-corrected chi connectivity index (χ1v) is 5.95. The van der Waals surface area contributed by atoms with Gasteiger partial charge in [-0.2, -0.15) is 10.4 Å². The summed E-state index contributed by atoms with van der Waals surface area (Å²) in [7, 11) is 0. The van der Waals surface area contributed by atoms with Crippen LogP contribution in [0.4, 0.5) is 0 Å². The van der Waals surface area contributed by atoms with Crippen molar-refractivity contribution in [3.63, 3.8) is 0 Å². The van der Waals surface area contributed by atoms with E-state index in [1.54, 1.807) is 0 Å². The summed E-state index contributed by atoms with van der Waals surface area (Å²) in [6.45, 7) is 0. The normalized spacial score (nSPS) is 10.2. The fraction of sp³-hybridized carbons (Fsp3) is 0. The summed E-state index contributed by atoms with van der Waals surface area (Å²) < 4.78 is 0. The number of phenolic OH excluding ortho intramolecular Hbond substituents is 2. The lowest BCUT2D eigenvalue weighted by Gasteiger charge is -2.01. The van der Waals surface area contributed by atoms with E-state index in [9.17, 15) is 9.90 Å². The lowest BCUT2D eigenvalue weighted by atomic mass is 10.1. The zero-order valence-electron chi connectivity index (χ0n) is 10.8. The van der Waals surface area contributed by atoms with Crippen LogP contribution in [0.2, 0.25) is 0 Å². The Bertz CT molecular complexity index is 731. The van der Waals surface area contributed by atoms with Gasteiger partial charge in [-0.05, 0) is 36.4 Å². The third-order valence-corrected chi connectivity index (χ3v) is 2.66. The molecule has 0 bridgehead atoms. The van der Waals surface area contributed by atoms with Gasteiger partial charge in [0.25, 0.3) is 5.91 Å². The number of nitriles is 1. The van der Waals surface area contributed by atoms with Crippen LogP contribution in [-0.2, 0) is 0 Å². The Morgan fingerprint density at radius 3 is 2.52 bits per heavy atom. The van der Waals surface area contributed by atoms with Gasteiger partial charge in [-0.15, -0.1) is 0 Å². The van der Waals surface area contributed by atoms with E-state index in [1.165, 1.54) is 48.7 Å². The smallest absolute Gasteiger partial charge is 0.271 e. The van der Waals surface area contributed by atoms with Gasteiger partial charge < -0.3 is 10.2 Å². The molecule has 21 heavy (non-hydrogen) atoms. The molecule has 3 N–H and O–H groups in total. The van der Waals surface area contributed by atoms with E-state index in [0.29, 0.717) is 16.7 Å². The van der Waals surface area contributed by atoms with Crippen LogP contribution in [0, 0.1) is 11.3 Å². The first kappa shape index (κ1) is 14.1. The van der Waals surface area contributed by atoms with Crippen molar-refractivity contribution in [3.8, 4) is 17.6 Å². The van der Waals surface area contributed by atoms with E-state index >= 15 is 0 Å². The van der Waals surface area contributed by atoms with E-state index in [0.717, 1.165) is 0 Å². The lowest BCUT2D eigenvalue weighted by molar-refractivity contribution is 0.0955. The average Bonchev–Trinajstić information content (AvgIpc) is 2.49. The Kier molecular flexibility index (Phi) is 4.17. The molecule has 104 valence electrons. The van der Waals surface area contributed by atoms with Crippen molar-refractivity contribution in [2.75, 3.05) is 0 Å². The zero-order chi connectivity index (χ0) is 15.2. The molecular formula is C15H11N3O3. The van der Waals surface area contributed by atoms with Gasteiger partial charge in [-0.25, -0.2) is 5.43 Å². The topological polar surface area (TPSA) is 106 Å². The first-order chi connectivity index (χ1) is 10.1. The molecule has 0 atom stereocenters. The van der Waals surface area contributed by atoms with Gasteiger partial charge in [0.15, 0.2) is 0 Å². The second kappa shape index (κ2) is 6.21. The molecule has 6 nitrogen and oxygen atoms in total. The second-order valence-electron chi connectivity index (χ2n) is 4.13. The van der Waals surface area contributed by atoms with Crippen LogP contribution in [-0.4, -0.2) is 22.3 Å². The number of rotatable bonds is 3. The number of nitrogens with zero attached hydrogens (tertiary/aromatic N) is 2. The highest BCUT2D eigenvalue weighted by Gasteiger charge is 2.04. The highest BCUT2D eigenvalue weighted by Crippen LogP contribution is 2.20. The molecule has 2 aromatic carbocycles. The van der Waals surface area contributed by atoms with Crippen LogP contribution in [0.15, 0.2) is 47.6 Å². The van der Waals surface area contributed by atoms with E-state index in [2.05, 4.69) is 10.5 Å². The summed E-state index contributed by atoms with van der Waals surface area (Å²) in [4.78, 5) is 11.8. The Morgan fingerprint density at radius 1 is 1.19 bits per heavy atom. The maximum atomic E-state index is 11.8. The van der Waals surface area contributed by atoms with Gasteiger partial charge in [-0.3, -0.25) is 4.79 Å². The van der Waals surface area contributed by atoms with Crippen molar-refractivity contribution in [3.05, 3.63) is 59.2 Å². The zero-order valence-corrected chi connectivity index (χ0v) is 10.8. The Hall–Kier alpha value is -3.33. The summed E-state index contributed by atoms with van der Waals surface area (Å²) in [5, 5.41) is 31.1. The second-order valence-corrected chi connectivity index (χ2v) is 4.13. The van der Waals surface area contributed by atoms with Crippen LogP contribution >= 0.6 is 0 Å². The van der Waals surface area contributed by atoms with E-state index < -0.39 is 5.91 Å². The Balaban J connectivity index is 2.03. The van der Waals surface area contributed by atoms with Crippen molar-refractivity contribution >= 4 is 12.1 Å². The molecule has 0 aliphatic rings. The SMILES string of the molecule is N#Cc1ccc(C(=O)N/N=C\c2ccc(O)cc2O)cc1. The van der Waals surface area contributed by atoms with Crippen LogP contribution < -0.4 is 5.43 Å². The molecule has 0 spiro atoms. The number of amides is 1. The van der Waals surface area contributed by atoms with Gasteiger partial charge in [0.2, 0.25) is 0 Å². The van der Waals surface area contributed by atoms with E-state index in [1.807, 2.05) is 6.07 Å². The van der Waals surface area contributed by atoms with Crippen LogP contribution in [0.3, 0.4) is 0 Å². The minimum atomic E-state index is -0.436. The molecule has 0 radical (unpaired) electrons. The van der Waals surface area contributed by atoms with Crippen molar-refractivity contribution in [2.24, 2.45) is 5.10 Å². The molecule has 0 fully saturated rings. The van der Waals surface area contributed by atoms with Crippen LogP contribution in [0.25, 0.3) is 0 Å². The standard InChI is InChI=1S/C15H11N3O3/c16-8-10-1-3-11(4-2-10)15(21)18-17-9-12-5-6-13(19)7-14(12)20/h1-7,9,19-20H,(H,18,21)/b17-9-. The molecule has 0 unspecified atom stereocenters. The molecule has 0 aromatic heterocycles. The van der Waals surface area contributed by atoms with Gasteiger partial charge in [0.1, 0.15) is 11.5 Å². The van der Waals surface area contributed by atoms with E-state index in [-0.39, 0.29) is 11.5 Å². The highest BCUT2D eigenvalue weighted by molar-refractivity contribution is 5.95. The molecular weight excluding hydrogens is 270 g/mol. The quantitative estimate of drug-likeness (QED) is 0.588. The van der Waals surface area contributed by atoms with Crippen molar-refractivity contribution < 1.29 is 15.0 Å². The minimum Gasteiger partial charge on any atom is -0.508 e. The fourth-order valence-corrected chi connectivity index (χ4v) is 1.56. The number of nitrogens with one attached hydrogen (secondary N) is 1. The number of hydrazone groups is 1. The van der Waals surface area contributed by atoms with Crippen LogP contribution in [0.5, 0.6) is 11.5 Å². The van der Waals surface area contributed by atoms with Gasteiger partial charge >= 0.3 is 0 Å². The number of phenols is 2. The Morgan fingerprint density at radius 2 is 1.90 bits per heavy atom. The maximum Gasteiger partial charge on any atom is 0.271 e. The highest BCUT2D eigenvalue weighted by atomic mass is 16.3. The minimum absolute atomic E-state index is 0.0636. The molecule has 0 heterocycles. The fourth-order valence-electron chi connectivity index (χ4n) is 1.56. The van der Waals surface area contributed by atoms with Crippen molar-refractivity contribution in [2.45, 2.75) is 0 Å². The predicted octanol–water partition coefficient (Wildman–Crippen LogP) is 1.73. The molecule has 0 saturated carbocycles. The lowest BCUT2D eigenvalue weighted by Crippen LogP contribution is -2.17. The first-order valence-electron chi connectivity index (χ1n) is 5.95. The van der Waals surface area contributed by atoms with Crippen molar-refractivity contribution in [1.82, 2.24) is 5.43 Å². The Labute approximate surface area is 120 Å². The average molecular weight is 281 g/mol. The summed E-state index contributed by atoms with van der Waals surface area (Å²) in [5.41, 5.74) is 3.48. The van der Waals surface area contributed by atoms with Gasteiger partial charge in [-0.1, -0.05) is 0 Å². The third kappa shape index (κ3) is 3.58. The molecule has 0 saturated heterocycles. The number of carbonyl (C=O) groups excluding carboxylic acids is 1. The van der Waals surface area contributed by atoms with Gasteiger partial charge in [0.05, 0.1) is 17.8 Å². The number of benzene rings is 2. The molecule has 0 aliphatic carbocycles.